The van der Waals surface area contributed by atoms with E-state index in [0.29, 0.717) is 28.2 Å². The molecule has 0 radical (unpaired) electrons. The zero-order valence-electron chi connectivity index (χ0n) is 13.1. The lowest BCUT2D eigenvalue weighted by Gasteiger charge is -2.09. The summed E-state index contributed by atoms with van der Waals surface area (Å²) in [7, 11) is 0. The van der Waals surface area contributed by atoms with Gasteiger partial charge < -0.3 is 5.21 Å². The molecule has 0 spiro atoms. The van der Waals surface area contributed by atoms with Crippen LogP contribution in [-0.2, 0) is 0 Å². The summed E-state index contributed by atoms with van der Waals surface area (Å²) in [6.45, 7) is 3.32. The molecular formula is C18H15BrFN2O2+. The summed E-state index contributed by atoms with van der Waals surface area (Å²) in [5.74, 6) is -0.383. The van der Waals surface area contributed by atoms with E-state index < -0.39 is 0 Å². The van der Waals surface area contributed by atoms with Crippen molar-refractivity contribution in [3.8, 4) is 22.5 Å². The Balaban J connectivity index is 2.34. The van der Waals surface area contributed by atoms with E-state index in [1.165, 1.54) is 24.3 Å². The van der Waals surface area contributed by atoms with E-state index >= 15 is 0 Å². The Hall–Kier alpha value is -2.47. The number of hydrogen-bond donors (Lipinski definition) is 1. The summed E-state index contributed by atoms with van der Waals surface area (Å²) in [4.78, 5) is 13.0. The monoisotopic (exact) mass is 389 g/mol. The number of hydrogen-bond acceptors (Lipinski definition) is 2. The van der Waals surface area contributed by atoms with Crippen LogP contribution >= 0.6 is 15.9 Å². The Morgan fingerprint density at radius 3 is 1.79 bits per heavy atom. The molecule has 0 fully saturated rings. The van der Waals surface area contributed by atoms with Gasteiger partial charge in [-0.3, -0.25) is 0 Å². The maximum Gasteiger partial charge on any atom is 0.293 e. The van der Waals surface area contributed by atoms with Gasteiger partial charge in [0.15, 0.2) is 0 Å². The van der Waals surface area contributed by atoms with Crippen LogP contribution in [-0.4, -0.2) is 9.94 Å². The quantitative estimate of drug-likeness (QED) is 0.518. The average molecular weight is 390 g/mol. The standard InChI is InChI=1S/C18H15BrFN2O2/c1-11-17(13-3-7-15(19)8-4-13)22(24)18(12(2)21(11)23)14-5-9-16(20)10-6-14/h3-10,23H,1-2H3/q+1. The molecule has 0 saturated carbocycles. The Morgan fingerprint density at radius 1 is 0.917 bits per heavy atom. The predicted molar refractivity (Wildman–Crippen MR) is 93.0 cm³/mol. The van der Waals surface area contributed by atoms with Crippen LogP contribution < -0.4 is 4.43 Å². The maximum atomic E-state index is 13.2. The smallest absolute Gasteiger partial charge is 0.293 e. The summed E-state index contributed by atoms with van der Waals surface area (Å²) in [5, 5.41) is 10.4. The molecule has 0 unspecified atom stereocenters. The Labute approximate surface area is 146 Å². The van der Waals surface area contributed by atoms with Crippen molar-refractivity contribution in [2.45, 2.75) is 13.8 Å². The molecule has 0 aliphatic heterocycles. The molecular weight excluding hydrogens is 375 g/mol. The molecule has 3 aromatic rings. The lowest BCUT2D eigenvalue weighted by Crippen LogP contribution is -2.28. The zero-order chi connectivity index (χ0) is 17.4. The fraction of sp³-hybridized carbons (Fsp3) is 0.111. The molecule has 0 atom stereocenters. The molecule has 1 N–H and O–H groups in total. The van der Waals surface area contributed by atoms with E-state index in [0.717, 1.165) is 13.6 Å². The van der Waals surface area contributed by atoms with Gasteiger partial charge in [0.1, 0.15) is 17.2 Å². The van der Waals surface area contributed by atoms with Crippen LogP contribution in [0, 0.1) is 24.6 Å². The molecule has 0 saturated heterocycles. The first kappa shape index (κ1) is 16.4. The van der Waals surface area contributed by atoms with Crippen molar-refractivity contribution in [1.82, 2.24) is 4.73 Å². The summed E-state index contributed by atoms with van der Waals surface area (Å²) in [6.07, 6.45) is 0. The van der Waals surface area contributed by atoms with Crippen LogP contribution in [0.2, 0.25) is 0 Å². The van der Waals surface area contributed by atoms with Crippen LogP contribution in [0.1, 0.15) is 11.4 Å². The molecule has 4 nitrogen and oxygen atoms in total. The van der Waals surface area contributed by atoms with Crippen molar-refractivity contribution >= 4 is 15.9 Å². The topological polar surface area (TPSA) is 48.1 Å². The third-order valence-electron chi connectivity index (χ3n) is 3.96. The SMILES string of the molecule is Cc1c(-c2ccc(F)cc2)[n+](=O)c(-c2ccc(Br)cc2)c(C)n1O. The average Bonchev–Trinajstić information content (AvgIpc) is 2.56. The minimum absolute atomic E-state index is 0.279. The lowest BCUT2D eigenvalue weighted by molar-refractivity contribution is -0.472. The summed E-state index contributed by atoms with van der Waals surface area (Å²) >= 11 is 3.36. The van der Waals surface area contributed by atoms with Crippen molar-refractivity contribution in [2.75, 3.05) is 0 Å². The molecule has 6 heteroatoms. The third kappa shape index (κ3) is 2.73. The molecule has 0 bridgehead atoms. The molecule has 0 aliphatic rings. The first-order valence-electron chi connectivity index (χ1n) is 7.30. The van der Waals surface area contributed by atoms with E-state index in [4.69, 9.17) is 0 Å². The van der Waals surface area contributed by atoms with Crippen molar-refractivity contribution in [3.63, 3.8) is 0 Å². The third-order valence-corrected chi connectivity index (χ3v) is 4.49. The van der Waals surface area contributed by atoms with Crippen molar-refractivity contribution in [2.24, 2.45) is 0 Å². The van der Waals surface area contributed by atoms with Crippen LogP contribution in [0.4, 0.5) is 4.39 Å². The van der Waals surface area contributed by atoms with Gasteiger partial charge in [0, 0.05) is 9.38 Å². The summed E-state index contributed by atoms with van der Waals surface area (Å²) < 4.78 is 15.9. The number of aromatic nitrogens is 2. The fourth-order valence-corrected chi connectivity index (χ4v) is 2.99. The van der Waals surface area contributed by atoms with E-state index in [1.807, 2.05) is 12.1 Å². The van der Waals surface area contributed by atoms with E-state index in [-0.39, 0.29) is 11.5 Å². The molecule has 1 heterocycles. The largest absolute Gasteiger partial charge is 0.428 e. The summed E-state index contributed by atoms with van der Waals surface area (Å²) in [6, 6.07) is 12.9. The number of rotatable bonds is 2. The fourth-order valence-electron chi connectivity index (χ4n) is 2.73. The molecule has 0 aliphatic carbocycles. The lowest BCUT2D eigenvalue weighted by atomic mass is 10.1. The first-order chi connectivity index (χ1) is 11.4. The van der Waals surface area contributed by atoms with Crippen LogP contribution in [0.3, 0.4) is 0 Å². The molecule has 2 aromatic carbocycles. The molecule has 1 aromatic heterocycles. The van der Waals surface area contributed by atoms with E-state index in [2.05, 4.69) is 15.9 Å². The van der Waals surface area contributed by atoms with Gasteiger partial charge in [0.05, 0.1) is 15.6 Å². The normalized spacial score (nSPS) is 10.8. The van der Waals surface area contributed by atoms with Gasteiger partial charge in [-0.25, -0.2) is 4.39 Å². The van der Waals surface area contributed by atoms with Crippen LogP contribution in [0.25, 0.3) is 22.5 Å². The van der Waals surface area contributed by atoms with Crippen molar-refractivity contribution in [3.05, 3.63) is 75.1 Å². The highest BCUT2D eigenvalue weighted by molar-refractivity contribution is 9.10. The predicted octanol–water partition coefficient (Wildman–Crippen LogP) is 4.49. The Bertz CT molecular complexity index is 889. The van der Waals surface area contributed by atoms with Gasteiger partial charge in [-0.15, -0.1) is 0 Å². The van der Waals surface area contributed by atoms with Gasteiger partial charge >= 0.3 is 0 Å². The molecule has 0 amide bonds. The zero-order valence-corrected chi connectivity index (χ0v) is 14.7. The molecule has 122 valence electrons. The second-order valence-electron chi connectivity index (χ2n) is 5.49. The van der Waals surface area contributed by atoms with Gasteiger partial charge in [-0.1, -0.05) is 15.9 Å². The molecule has 24 heavy (non-hydrogen) atoms. The number of benzene rings is 2. The van der Waals surface area contributed by atoms with Crippen LogP contribution in [0.15, 0.2) is 53.0 Å². The van der Waals surface area contributed by atoms with Crippen molar-refractivity contribution in [1.29, 1.82) is 0 Å². The highest BCUT2D eigenvalue weighted by atomic mass is 79.9. The summed E-state index contributed by atoms with van der Waals surface area (Å²) in [5.41, 5.74) is 2.64. The van der Waals surface area contributed by atoms with E-state index in [1.54, 1.807) is 26.0 Å². The minimum Gasteiger partial charge on any atom is -0.428 e. The first-order valence-corrected chi connectivity index (χ1v) is 8.09. The van der Waals surface area contributed by atoms with Gasteiger partial charge in [-0.2, -0.15) is 4.73 Å². The molecule has 3 rings (SSSR count). The Morgan fingerprint density at radius 2 is 1.33 bits per heavy atom. The number of nitrogens with zero attached hydrogens (tertiary/aromatic N) is 2. The highest BCUT2D eigenvalue weighted by Crippen LogP contribution is 2.26. The number of halogens is 2. The van der Waals surface area contributed by atoms with E-state index in [9.17, 15) is 14.5 Å². The minimum atomic E-state index is -0.383. The van der Waals surface area contributed by atoms with Gasteiger partial charge in [0.25, 0.3) is 11.4 Å². The van der Waals surface area contributed by atoms with Crippen molar-refractivity contribution < 1.29 is 14.0 Å². The highest BCUT2D eigenvalue weighted by Gasteiger charge is 2.28. The van der Waals surface area contributed by atoms with Gasteiger partial charge in [-0.05, 0) is 62.4 Å². The van der Waals surface area contributed by atoms with Crippen LogP contribution in [0.5, 0.6) is 0 Å². The Kier molecular flexibility index (Phi) is 4.24. The maximum absolute atomic E-state index is 13.2. The second-order valence-corrected chi connectivity index (χ2v) is 6.40. The second kappa shape index (κ2) is 6.20. The van der Waals surface area contributed by atoms with Gasteiger partial charge in [0.2, 0.25) is 0 Å².